The summed E-state index contributed by atoms with van der Waals surface area (Å²) in [5.41, 5.74) is 1.53. The number of rotatable bonds is 7. The minimum Gasteiger partial charge on any atom is -0.494 e. The van der Waals surface area contributed by atoms with Crippen molar-refractivity contribution >= 4 is 11.8 Å². The molecule has 0 saturated heterocycles. The summed E-state index contributed by atoms with van der Waals surface area (Å²) >= 11 is 1.32. The summed E-state index contributed by atoms with van der Waals surface area (Å²) in [6, 6.07) is 16.5. The minimum atomic E-state index is -4.38. The predicted octanol–water partition coefficient (Wildman–Crippen LogP) is 6.04. The predicted molar refractivity (Wildman–Crippen MR) is 117 cm³/mol. The number of aromatic nitrogens is 4. The van der Waals surface area contributed by atoms with Gasteiger partial charge >= 0.3 is 6.18 Å². The zero-order valence-corrected chi connectivity index (χ0v) is 17.9. The van der Waals surface area contributed by atoms with E-state index in [0.29, 0.717) is 28.9 Å². The number of pyridine rings is 1. The lowest BCUT2D eigenvalue weighted by molar-refractivity contribution is -0.137. The molecule has 5 nitrogen and oxygen atoms in total. The van der Waals surface area contributed by atoms with Crippen molar-refractivity contribution in [1.29, 1.82) is 0 Å². The highest BCUT2D eigenvalue weighted by atomic mass is 32.2. The monoisotopic (exact) mass is 456 g/mol. The third-order valence-corrected chi connectivity index (χ3v) is 5.60. The molecule has 0 aliphatic carbocycles. The summed E-state index contributed by atoms with van der Waals surface area (Å²) in [4.78, 5) is 4.05. The molecule has 0 aliphatic rings. The Morgan fingerprint density at radius 2 is 1.72 bits per heavy atom. The molecule has 0 unspecified atom stereocenters. The van der Waals surface area contributed by atoms with Crippen LogP contribution in [-0.2, 0) is 11.9 Å². The van der Waals surface area contributed by atoms with Gasteiger partial charge in [0.25, 0.3) is 0 Å². The van der Waals surface area contributed by atoms with E-state index in [2.05, 4.69) is 15.2 Å². The standard InChI is InChI=1S/C23H19F3N4OS/c1-2-31-20-8-6-19(7-9-20)30-21(17-10-12-27-13-11-17)28-29-22(30)32-15-16-4-3-5-18(14-16)23(24,25)26/h3-14H,2,15H2,1H3. The first-order chi connectivity index (χ1) is 15.5. The van der Waals surface area contributed by atoms with Crippen LogP contribution in [0.1, 0.15) is 18.1 Å². The molecule has 2 aromatic carbocycles. The van der Waals surface area contributed by atoms with E-state index >= 15 is 0 Å². The normalized spacial score (nSPS) is 11.5. The van der Waals surface area contributed by atoms with Crippen LogP contribution in [0.15, 0.2) is 78.2 Å². The summed E-state index contributed by atoms with van der Waals surface area (Å²) in [6.45, 7) is 2.48. The fourth-order valence-electron chi connectivity index (χ4n) is 3.13. The minimum absolute atomic E-state index is 0.315. The average molecular weight is 456 g/mol. The van der Waals surface area contributed by atoms with E-state index in [1.54, 1.807) is 18.5 Å². The molecule has 0 bridgehead atoms. The van der Waals surface area contributed by atoms with Crippen molar-refractivity contribution in [3.63, 3.8) is 0 Å². The molecule has 0 atom stereocenters. The van der Waals surface area contributed by atoms with Gasteiger partial charge in [-0.3, -0.25) is 9.55 Å². The highest BCUT2D eigenvalue weighted by Crippen LogP contribution is 2.33. The van der Waals surface area contributed by atoms with Gasteiger partial charge < -0.3 is 4.74 Å². The molecule has 4 aromatic rings. The summed E-state index contributed by atoms with van der Waals surface area (Å²) < 4.78 is 46.5. The summed E-state index contributed by atoms with van der Waals surface area (Å²) in [7, 11) is 0. The number of hydrogen-bond acceptors (Lipinski definition) is 5. The fraction of sp³-hybridized carbons (Fsp3) is 0.174. The zero-order valence-electron chi connectivity index (χ0n) is 17.1. The van der Waals surface area contributed by atoms with E-state index in [1.165, 1.54) is 17.8 Å². The maximum atomic E-state index is 13.0. The van der Waals surface area contributed by atoms with E-state index in [-0.39, 0.29) is 0 Å². The second kappa shape index (κ2) is 9.44. The van der Waals surface area contributed by atoms with Gasteiger partial charge in [0.1, 0.15) is 5.75 Å². The highest BCUT2D eigenvalue weighted by molar-refractivity contribution is 7.98. The van der Waals surface area contributed by atoms with Crippen molar-refractivity contribution in [2.24, 2.45) is 0 Å². The maximum Gasteiger partial charge on any atom is 0.416 e. The van der Waals surface area contributed by atoms with Crippen LogP contribution < -0.4 is 4.74 Å². The molecule has 0 saturated carbocycles. The molecule has 4 rings (SSSR count). The Morgan fingerprint density at radius 1 is 0.969 bits per heavy atom. The number of thioether (sulfide) groups is 1. The molecule has 32 heavy (non-hydrogen) atoms. The Hall–Kier alpha value is -3.33. The van der Waals surface area contributed by atoms with Crippen LogP contribution in [-0.4, -0.2) is 26.4 Å². The van der Waals surface area contributed by atoms with Gasteiger partial charge in [-0.2, -0.15) is 13.2 Å². The lowest BCUT2D eigenvalue weighted by Gasteiger charge is -2.12. The third kappa shape index (κ3) is 4.94. The van der Waals surface area contributed by atoms with Gasteiger partial charge in [-0.25, -0.2) is 0 Å². The molecule has 0 aliphatic heterocycles. The van der Waals surface area contributed by atoms with Gasteiger partial charge in [-0.1, -0.05) is 30.0 Å². The molecule has 9 heteroatoms. The van der Waals surface area contributed by atoms with Gasteiger partial charge in [0.05, 0.1) is 12.2 Å². The first-order valence-corrected chi connectivity index (χ1v) is 10.8. The first-order valence-electron chi connectivity index (χ1n) is 9.83. The van der Waals surface area contributed by atoms with Crippen molar-refractivity contribution in [3.05, 3.63) is 84.2 Å². The van der Waals surface area contributed by atoms with Crippen molar-refractivity contribution in [3.8, 4) is 22.8 Å². The molecule has 0 amide bonds. The Labute approximate surface area is 187 Å². The third-order valence-electron chi connectivity index (χ3n) is 4.60. The van der Waals surface area contributed by atoms with Crippen LogP contribution in [0.4, 0.5) is 13.2 Å². The number of benzene rings is 2. The van der Waals surface area contributed by atoms with E-state index in [1.807, 2.05) is 47.9 Å². The number of halogens is 3. The topological polar surface area (TPSA) is 52.8 Å². The molecule has 0 N–H and O–H groups in total. The summed E-state index contributed by atoms with van der Waals surface area (Å²) in [5.74, 6) is 1.67. The van der Waals surface area contributed by atoms with Gasteiger partial charge in [0, 0.05) is 29.4 Å². The van der Waals surface area contributed by atoms with Crippen LogP contribution in [0, 0.1) is 0 Å². The molecular formula is C23H19F3N4OS. The highest BCUT2D eigenvalue weighted by Gasteiger charge is 2.30. The summed E-state index contributed by atoms with van der Waals surface area (Å²) in [5, 5.41) is 9.23. The molecule has 0 spiro atoms. The van der Waals surface area contributed by atoms with Gasteiger partial charge in [0.2, 0.25) is 0 Å². The average Bonchev–Trinajstić information content (AvgIpc) is 3.23. The van der Waals surface area contributed by atoms with Gasteiger partial charge in [-0.05, 0) is 55.0 Å². The van der Waals surface area contributed by atoms with E-state index in [9.17, 15) is 13.2 Å². The fourth-order valence-corrected chi connectivity index (χ4v) is 4.02. The van der Waals surface area contributed by atoms with Crippen molar-refractivity contribution in [1.82, 2.24) is 19.7 Å². The van der Waals surface area contributed by atoms with Crippen LogP contribution in [0.3, 0.4) is 0 Å². The number of nitrogens with zero attached hydrogens (tertiary/aromatic N) is 4. The summed E-state index contributed by atoms with van der Waals surface area (Å²) in [6.07, 6.45) is -1.04. The molecule has 0 fully saturated rings. The van der Waals surface area contributed by atoms with Gasteiger partial charge in [-0.15, -0.1) is 10.2 Å². The maximum absolute atomic E-state index is 13.0. The van der Waals surface area contributed by atoms with Crippen molar-refractivity contribution in [2.45, 2.75) is 24.0 Å². The zero-order chi connectivity index (χ0) is 22.6. The van der Waals surface area contributed by atoms with Crippen molar-refractivity contribution < 1.29 is 17.9 Å². The van der Waals surface area contributed by atoms with Crippen LogP contribution in [0.5, 0.6) is 5.75 Å². The van der Waals surface area contributed by atoms with Gasteiger partial charge in [0.15, 0.2) is 11.0 Å². The molecule has 2 aromatic heterocycles. The van der Waals surface area contributed by atoms with E-state index in [0.717, 1.165) is 29.1 Å². The Bertz CT molecular complexity index is 1180. The lowest BCUT2D eigenvalue weighted by Crippen LogP contribution is -2.05. The first kappa shape index (κ1) is 21.9. The Balaban J connectivity index is 1.67. The van der Waals surface area contributed by atoms with Crippen molar-refractivity contribution in [2.75, 3.05) is 6.61 Å². The lowest BCUT2D eigenvalue weighted by atomic mass is 10.1. The number of alkyl halides is 3. The Morgan fingerprint density at radius 3 is 2.41 bits per heavy atom. The molecular weight excluding hydrogens is 437 g/mol. The molecule has 0 radical (unpaired) electrons. The van der Waals surface area contributed by atoms with Crippen LogP contribution >= 0.6 is 11.8 Å². The van der Waals surface area contributed by atoms with Crippen LogP contribution in [0.2, 0.25) is 0 Å². The van der Waals surface area contributed by atoms with E-state index in [4.69, 9.17) is 4.74 Å². The molecule has 164 valence electrons. The van der Waals surface area contributed by atoms with E-state index < -0.39 is 11.7 Å². The second-order valence-electron chi connectivity index (χ2n) is 6.79. The quantitative estimate of drug-likeness (QED) is 0.318. The SMILES string of the molecule is CCOc1ccc(-n2c(SCc3cccc(C(F)(F)F)c3)nnc2-c2ccncc2)cc1. The Kier molecular flexibility index (Phi) is 6.45. The second-order valence-corrected chi connectivity index (χ2v) is 7.73. The number of hydrogen-bond donors (Lipinski definition) is 0. The smallest absolute Gasteiger partial charge is 0.416 e. The largest absolute Gasteiger partial charge is 0.494 e. The molecule has 2 heterocycles. The number of ether oxygens (including phenoxy) is 1. The van der Waals surface area contributed by atoms with Crippen LogP contribution in [0.25, 0.3) is 17.1 Å².